The van der Waals surface area contributed by atoms with Gasteiger partial charge in [-0.2, -0.15) is 4.98 Å². The molecule has 2 fully saturated rings. The van der Waals surface area contributed by atoms with Gasteiger partial charge in [0.25, 0.3) is 0 Å². The van der Waals surface area contributed by atoms with Crippen molar-refractivity contribution in [3.63, 3.8) is 0 Å². The molecule has 106 valence electrons. The van der Waals surface area contributed by atoms with Crippen molar-refractivity contribution in [2.24, 2.45) is 17.6 Å². The fourth-order valence-electron chi connectivity index (χ4n) is 3.68. The van der Waals surface area contributed by atoms with Crippen molar-refractivity contribution < 1.29 is 9.26 Å². The van der Waals surface area contributed by atoms with Crippen LogP contribution in [0.5, 0.6) is 0 Å². The Morgan fingerprint density at radius 3 is 3.00 bits per heavy atom. The zero-order chi connectivity index (χ0) is 13.2. The van der Waals surface area contributed by atoms with Crippen molar-refractivity contribution in [1.82, 2.24) is 10.1 Å². The van der Waals surface area contributed by atoms with E-state index in [9.17, 15) is 0 Å². The first-order valence-corrected chi connectivity index (χ1v) is 7.36. The molecule has 0 aliphatic heterocycles. The van der Waals surface area contributed by atoms with E-state index in [1.54, 1.807) is 7.11 Å². The maximum Gasteiger partial charge on any atom is 0.243 e. The van der Waals surface area contributed by atoms with E-state index in [1.165, 1.54) is 25.7 Å². The molecule has 2 aliphatic rings. The number of rotatable bonds is 6. The van der Waals surface area contributed by atoms with Crippen LogP contribution in [0.1, 0.15) is 62.2 Å². The van der Waals surface area contributed by atoms with Crippen LogP contribution in [-0.4, -0.2) is 23.9 Å². The average Bonchev–Trinajstić information content (AvgIpc) is 3.14. The molecule has 4 unspecified atom stereocenters. The third-order valence-corrected chi connectivity index (χ3v) is 4.71. The molecule has 2 saturated carbocycles. The van der Waals surface area contributed by atoms with E-state index >= 15 is 0 Å². The molecule has 19 heavy (non-hydrogen) atoms. The summed E-state index contributed by atoms with van der Waals surface area (Å²) < 4.78 is 10.4. The standard InChI is InChI=1S/C14H23N3O2/c1-18-6-2-3-12(15)14-16-13(17-19-14)11-8-9-4-5-10(11)7-9/h9-12H,2-8,15H2,1H3. The molecular weight excluding hydrogens is 242 g/mol. The first-order chi connectivity index (χ1) is 9.28. The quantitative estimate of drug-likeness (QED) is 0.799. The lowest BCUT2D eigenvalue weighted by Gasteiger charge is -2.17. The molecule has 0 aromatic carbocycles. The first-order valence-electron chi connectivity index (χ1n) is 7.36. The second-order valence-corrected chi connectivity index (χ2v) is 6.01. The summed E-state index contributed by atoms with van der Waals surface area (Å²) in [5.41, 5.74) is 6.07. The van der Waals surface area contributed by atoms with E-state index in [2.05, 4.69) is 10.1 Å². The van der Waals surface area contributed by atoms with Gasteiger partial charge in [-0.3, -0.25) is 0 Å². The molecule has 1 aromatic rings. The topological polar surface area (TPSA) is 74.2 Å². The third-order valence-electron chi connectivity index (χ3n) is 4.71. The predicted molar refractivity (Wildman–Crippen MR) is 70.5 cm³/mol. The molecule has 5 heteroatoms. The number of fused-ring (bicyclic) bond motifs is 2. The highest BCUT2D eigenvalue weighted by Gasteiger charge is 2.42. The number of nitrogens with two attached hydrogens (primary N) is 1. The minimum Gasteiger partial charge on any atom is -0.385 e. The smallest absolute Gasteiger partial charge is 0.243 e. The van der Waals surface area contributed by atoms with Crippen LogP contribution in [0, 0.1) is 11.8 Å². The largest absolute Gasteiger partial charge is 0.385 e. The summed E-state index contributed by atoms with van der Waals surface area (Å²) >= 11 is 0. The molecule has 0 radical (unpaired) electrons. The van der Waals surface area contributed by atoms with E-state index in [0.29, 0.717) is 11.8 Å². The van der Waals surface area contributed by atoms with Crippen molar-refractivity contribution in [3.8, 4) is 0 Å². The molecular formula is C14H23N3O2. The molecule has 2 aliphatic carbocycles. The SMILES string of the molecule is COCCCC(N)c1nc(C2CC3CCC2C3)no1. The Labute approximate surface area is 113 Å². The summed E-state index contributed by atoms with van der Waals surface area (Å²) in [7, 11) is 1.70. The predicted octanol–water partition coefficient (Wildman–Crippen LogP) is 2.40. The van der Waals surface area contributed by atoms with Crippen molar-refractivity contribution in [2.75, 3.05) is 13.7 Å². The summed E-state index contributed by atoms with van der Waals surface area (Å²) in [6.45, 7) is 0.723. The van der Waals surface area contributed by atoms with Gasteiger partial charge in [0.2, 0.25) is 5.89 Å². The molecule has 2 N–H and O–H groups in total. The third kappa shape index (κ3) is 2.67. The highest BCUT2D eigenvalue weighted by atomic mass is 16.5. The zero-order valence-electron chi connectivity index (χ0n) is 11.5. The lowest BCUT2D eigenvalue weighted by atomic mass is 9.88. The fourth-order valence-corrected chi connectivity index (χ4v) is 3.68. The minimum absolute atomic E-state index is 0.157. The van der Waals surface area contributed by atoms with Crippen molar-refractivity contribution in [2.45, 2.75) is 50.5 Å². The Morgan fingerprint density at radius 2 is 2.32 bits per heavy atom. The summed E-state index contributed by atoms with van der Waals surface area (Å²) in [5.74, 6) is 3.67. The summed E-state index contributed by atoms with van der Waals surface area (Å²) in [4.78, 5) is 4.55. The number of ether oxygens (including phenoxy) is 1. The first kappa shape index (κ1) is 13.1. The maximum atomic E-state index is 6.07. The van der Waals surface area contributed by atoms with Gasteiger partial charge in [0.15, 0.2) is 5.82 Å². The van der Waals surface area contributed by atoms with Crippen LogP contribution < -0.4 is 5.73 Å². The van der Waals surface area contributed by atoms with Gasteiger partial charge >= 0.3 is 0 Å². The van der Waals surface area contributed by atoms with Crippen LogP contribution in [0.4, 0.5) is 0 Å². The Morgan fingerprint density at radius 1 is 1.42 bits per heavy atom. The summed E-state index contributed by atoms with van der Waals surface area (Å²) in [5, 5.41) is 4.17. The van der Waals surface area contributed by atoms with Crippen LogP contribution in [0.15, 0.2) is 4.52 Å². The minimum atomic E-state index is -0.157. The van der Waals surface area contributed by atoms with Gasteiger partial charge in [0, 0.05) is 19.6 Å². The number of methoxy groups -OCH3 is 1. The van der Waals surface area contributed by atoms with Crippen LogP contribution >= 0.6 is 0 Å². The van der Waals surface area contributed by atoms with Gasteiger partial charge < -0.3 is 15.0 Å². The van der Waals surface area contributed by atoms with Gasteiger partial charge in [-0.05, 0) is 43.9 Å². The highest BCUT2D eigenvalue weighted by Crippen LogP contribution is 2.52. The van der Waals surface area contributed by atoms with E-state index in [0.717, 1.165) is 37.1 Å². The Hall–Kier alpha value is -0.940. The molecule has 5 nitrogen and oxygen atoms in total. The van der Waals surface area contributed by atoms with Crippen molar-refractivity contribution in [1.29, 1.82) is 0 Å². The molecule has 4 atom stereocenters. The number of aromatic nitrogens is 2. The summed E-state index contributed by atoms with van der Waals surface area (Å²) in [6.07, 6.45) is 7.06. The number of nitrogens with zero attached hydrogens (tertiary/aromatic N) is 2. The second-order valence-electron chi connectivity index (χ2n) is 6.01. The molecule has 1 aromatic heterocycles. The van der Waals surface area contributed by atoms with Crippen LogP contribution in [0.2, 0.25) is 0 Å². The highest BCUT2D eigenvalue weighted by molar-refractivity contribution is 5.07. The van der Waals surface area contributed by atoms with Gasteiger partial charge in [0.05, 0.1) is 6.04 Å². The van der Waals surface area contributed by atoms with Crippen LogP contribution in [0.3, 0.4) is 0 Å². The molecule has 0 spiro atoms. The van der Waals surface area contributed by atoms with E-state index in [4.69, 9.17) is 15.0 Å². The van der Waals surface area contributed by atoms with Crippen LogP contribution in [0.25, 0.3) is 0 Å². The van der Waals surface area contributed by atoms with Crippen molar-refractivity contribution >= 4 is 0 Å². The van der Waals surface area contributed by atoms with Crippen LogP contribution in [-0.2, 0) is 4.74 Å². The monoisotopic (exact) mass is 265 g/mol. The van der Waals surface area contributed by atoms with E-state index in [-0.39, 0.29) is 6.04 Å². The number of hydrogen-bond donors (Lipinski definition) is 1. The molecule has 2 bridgehead atoms. The number of hydrogen-bond acceptors (Lipinski definition) is 5. The van der Waals surface area contributed by atoms with E-state index < -0.39 is 0 Å². The van der Waals surface area contributed by atoms with Gasteiger partial charge in [-0.25, -0.2) is 0 Å². The normalized spacial score (nSPS) is 30.9. The van der Waals surface area contributed by atoms with Crippen molar-refractivity contribution in [3.05, 3.63) is 11.7 Å². The van der Waals surface area contributed by atoms with Gasteiger partial charge in [-0.15, -0.1) is 0 Å². The molecule has 0 amide bonds. The second kappa shape index (κ2) is 5.59. The molecule has 1 heterocycles. The Balaban J connectivity index is 1.60. The Kier molecular flexibility index (Phi) is 3.84. The van der Waals surface area contributed by atoms with E-state index in [1.807, 2.05) is 0 Å². The summed E-state index contributed by atoms with van der Waals surface area (Å²) in [6, 6.07) is -0.157. The lowest BCUT2D eigenvalue weighted by Crippen LogP contribution is -2.13. The average molecular weight is 265 g/mol. The maximum absolute atomic E-state index is 6.07. The zero-order valence-corrected chi connectivity index (χ0v) is 11.5. The molecule has 3 rings (SSSR count). The Bertz CT molecular complexity index is 421. The van der Waals surface area contributed by atoms with Gasteiger partial charge in [0.1, 0.15) is 0 Å². The fraction of sp³-hybridized carbons (Fsp3) is 0.857. The molecule has 0 saturated heterocycles. The van der Waals surface area contributed by atoms with Gasteiger partial charge in [-0.1, -0.05) is 11.6 Å². The lowest BCUT2D eigenvalue weighted by molar-refractivity contribution is 0.188.